The molecule has 2 aliphatic rings. The van der Waals surface area contributed by atoms with E-state index in [2.05, 4.69) is 20.7 Å². The second-order valence-corrected chi connectivity index (χ2v) is 20.9. The minimum Gasteiger partial charge on any atom is -0.497 e. The van der Waals surface area contributed by atoms with Crippen molar-refractivity contribution < 1.29 is 80.4 Å². The van der Waals surface area contributed by atoms with Crippen LogP contribution in [-0.2, 0) is 59.0 Å². The molecule has 1 aromatic rings. The first-order valence-electron chi connectivity index (χ1n) is 25.6. The Labute approximate surface area is 437 Å². The van der Waals surface area contributed by atoms with E-state index in [1.165, 1.54) is 32.9 Å². The van der Waals surface area contributed by atoms with Crippen LogP contribution in [0, 0.1) is 29.6 Å². The highest BCUT2D eigenvalue weighted by atomic mass is 19.4. The number of nitrogens with zero attached hydrogens (tertiary/aromatic N) is 3. The molecular formula is C52H79F3N6O14. The predicted octanol–water partition coefficient (Wildman–Crippen LogP) is 4.12. The Kier molecular flexibility index (Phi) is 23.8. The zero-order valence-electron chi connectivity index (χ0n) is 45.5. The number of Topliss-reactive ketones (excluding diaryl/α,β-unsaturated/α-hetero) is 1. The average Bonchev–Trinajstić information content (AvgIpc) is 3.84. The number of ketones is 1. The molecule has 422 valence electrons. The molecule has 0 saturated carbocycles. The molecule has 11 atom stereocenters. The van der Waals surface area contributed by atoms with Crippen LogP contribution >= 0.6 is 0 Å². The van der Waals surface area contributed by atoms with Gasteiger partial charge in [0.1, 0.15) is 42.1 Å². The number of amides is 6. The molecular weight excluding hydrogens is 990 g/mol. The van der Waals surface area contributed by atoms with Crippen molar-refractivity contribution in [3.63, 3.8) is 0 Å². The van der Waals surface area contributed by atoms with Gasteiger partial charge in [-0.05, 0) is 80.9 Å². The molecule has 6 amide bonds. The third kappa shape index (κ3) is 18.1. The molecule has 2 aliphatic heterocycles. The molecule has 0 aliphatic carbocycles. The third-order valence-electron chi connectivity index (χ3n) is 13.6. The second-order valence-electron chi connectivity index (χ2n) is 20.9. The maximum Gasteiger partial charge on any atom is 0.422 e. The number of carbonyl (C=O) groups is 9. The normalized spacial score (nSPS) is 26.2. The number of esters is 2. The monoisotopic (exact) mass is 1070 g/mol. The number of halogens is 3. The number of ether oxygens (including phenoxy) is 4. The number of likely N-dealkylation sites (N-methyl/N-ethyl adjacent to an activating group) is 2. The summed E-state index contributed by atoms with van der Waals surface area (Å²) in [4.78, 5) is 131. The number of hydrogen-bond donors (Lipinski definition) is 4. The molecule has 75 heavy (non-hydrogen) atoms. The number of methoxy groups -OCH3 is 1. The first-order valence-corrected chi connectivity index (χ1v) is 25.6. The molecule has 0 spiro atoms. The molecule has 0 aromatic heterocycles. The van der Waals surface area contributed by atoms with Crippen LogP contribution in [0.3, 0.4) is 0 Å². The van der Waals surface area contributed by atoms with Gasteiger partial charge in [0.25, 0.3) is 0 Å². The molecule has 2 saturated heterocycles. The Bertz CT molecular complexity index is 2160. The molecule has 20 nitrogen and oxygen atoms in total. The van der Waals surface area contributed by atoms with E-state index in [9.17, 15) is 61.4 Å². The summed E-state index contributed by atoms with van der Waals surface area (Å²) in [6.07, 6.45) is -11.4. The van der Waals surface area contributed by atoms with Crippen LogP contribution in [0.4, 0.5) is 18.0 Å². The highest BCUT2D eigenvalue weighted by Gasteiger charge is 2.45. The van der Waals surface area contributed by atoms with E-state index in [0.717, 1.165) is 11.9 Å². The highest BCUT2D eigenvalue weighted by molar-refractivity contribution is 6.05. The largest absolute Gasteiger partial charge is 0.497 e. The van der Waals surface area contributed by atoms with Gasteiger partial charge in [-0.3, -0.25) is 38.5 Å². The van der Waals surface area contributed by atoms with E-state index >= 15 is 0 Å². The van der Waals surface area contributed by atoms with Crippen LogP contribution in [0.1, 0.15) is 113 Å². The molecule has 23 heteroatoms. The molecule has 0 radical (unpaired) electrons. The van der Waals surface area contributed by atoms with Crippen molar-refractivity contribution in [2.45, 2.75) is 175 Å². The van der Waals surface area contributed by atoms with Crippen LogP contribution in [0.15, 0.2) is 24.3 Å². The number of aliphatic hydroxyl groups excluding tert-OH is 1. The van der Waals surface area contributed by atoms with Crippen LogP contribution in [0.5, 0.6) is 5.75 Å². The molecule has 3 rings (SSSR count). The Hall–Kier alpha value is -6.00. The van der Waals surface area contributed by atoms with Crippen LogP contribution in [-0.4, -0.2) is 168 Å². The lowest BCUT2D eigenvalue weighted by atomic mass is 9.91. The van der Waals surface area contributed by atoms with Gasteiger partial charge in [-0.15, -0.1) is 0 Å². The summed E-state index contributed by atoms with van der Waals surface area (Å²) in [5, 5.41) is 19.6. The van der Waals surface area contributed by atoms with Crippen LogP contribution in [0.2, 0.25) is 0 Å². The van der Waals surface area contributed by atoms with Gasteiger partial charge in [-0.2, -0.15) is 13.2 Å². The van der Waals surface area contributed by atoms with Gasteiger partial charge >= 0.3 is 24.2 Å². The van der Waals surface area contributed by atoms with E-state index < -0.39 is 145 Å². The summed E-state index contributed by atoms with van der Waals surface area (Å²) >= 11 is 0. The smallest absolute Gasteiger partial charge is 0.422 e. The van der Waals surface area contributed by atoms with E-state index in [1.807, 2.05) is 13.8 Å². The standard InChI is InChI=1S/C52H79F3N6O14/c1-14-30(8)41-39(62)25-40(63)75-44(29(6)7)43(64)31(9)45(65)56-35(22-27(2)3)48(68)61-21-15-16-36(61)49(69)59(11)38(24-33-17-19-34(72-13)20-18-33)50(70)74-32(10)42(47(67)57-41)58-46(66)37(23-28(4)5)60(12)51(71)73-26-52(53,54)55/h17-20,27-32,35-39,41-42,44,62H,14-16,21-26H2,1-13H3,(H,56,65)(H,57,67)(H,58,66)/t30-,31-,32+,35-,36-,37+,38-,39-,41+,42-,44-/m0/s1. The van der Waals surface area contributed by atoms with Crippen molar-refractivity contribution in [1.82, 2.24) is 30.7 Å². The van der Waals surface area contributed by atoms with Crippen molar-refractivity contribution >= 4 is 53.4 Å². The molecule has 2 fully saturated rings. The minimum absolute atomic E-state index is 0.102. The number of benzene rings is 1. The number of alkyl halides is 3. The fraction of sp³-hybridized carbons (Fsp3) is 0.712. The van der Waals surface area contributed by atoms with Gasteiger partial charge in [0, 0.05) is 27.1 Å². The Morgan fingerprint density at radius 2 is 1.55 bits per heavy atom. The van der Waals surface area contributed by atoms with Gasteiger partial charge in [0.15, 0.2) is 18.5 Å². The first kappa shape index (κ1) is 63.3. The Morgan fingerprint density at radius 3 is 2.09 bits per heavy atom. The van der Waals surface area contributed by atoms with Gasteiger partial charge in [0.2, 0.25) is 29.5 Å². The number of hydrogen-bond acceptors (Lipinski definition) is 14. The quantitative estimate of drug-likeness (QED) is 0.116. The first-order chi connectivity index (χ1) is 34.9. The van der Waals surface area contributed by atoms with Gasteiger partial charge in [-0.25, -0.2) is 9.59 Å². The predicted molar refractivity (Wildman–Crippen MR) is 266 cm³/mol. The maximum atomic E-state index is 14.8. The number of carbonyl (C=O) groups excluding carboxylic acids is 9. The van der Waals surface area contributed by atoms with Crippen molar-refractivity contribution in [3.8, 4) is 5.75 Å². The average molecular weight is 1070 g/mol. The lowest BCUT2D eigenvalue weighted by molar-refractivity contribution is -0.164. The topological polar surface area (TPSA) is 257 Å². The summed E-state index contributed by atoms with van der Waals surface area (Å²) < 4.78 is 60.7. The number of nitrogens with one attached hydrogen (secondary N) is 3. The van der Waals surface area contributed by atoms with E-state index in [4.69, 9.17) is 14.2 Å². The van der Waals surface area contributed by atoms with Crippen molar-refractivity contribution in [2.75, 3.05) is 34.4 Å². The highest BCUT2D eigenvalue weighted by Crippen LogP contribution is 2.26. The van der Waals surface area contributed by atoms with E-state index in [-0.39, 0.29) is 44.1 Å². The zero-order valence-corrected chi connectivity index (χ0v) is 45.5. The molecule has 4 N–H and O–H groups in total. The van der Waals surface area contributed by atoms with Gasteiger partial charge < -0.3 is 49.8 Å². The minimum atomic E-state index is -4.89. The number of rotatable bonds is 14. The van der Waals surface area contributed by atoms with Crippen LogP contribution < -0.4 is 20.7 Å². The Balaban J connectivity index is 2.28. The summed E-state index contributed by atoms with van der Waals surface area (Å²) in [6, 6.07) is -2.00. The number of cyclic esters (lactones) is 2. The summed E-state index contributed by atoms with van der Waals surface area (Å²) in [7, 11) is 3.84. The molecule has 0 bridgehead atoms. The number of fused-ring (bicyclic) bond motifs is 1. The summed E-state index contributed by atoms with van der Waals surface area (Å²) in [5.74, 6) is -10.00. The fourth-order valence-corrected chi connectivity index (χ4v) is 8.98. The molecule has 1 aromatic carbocycles. The van der Waals surface area contributed by atoms with Gasteiger partial charge in [-0.1, -0.05) is 73.9 Å². The maximum absolute atomic E-state index is 14.8. The van der Waals surface area contributed by atoms with Crippen molar-refractivity contribution in [2.24, 2.45) is 29.6 Å². The summed E-state index contributed by atoms with van der Waals surface area (Å²) in [6.45, 7) is 14.2. The summed E-state index contributed by atoms with van der Waals surface area (Å²) in [5.41, 5.74) is 0.522. The van der Waals surface area contributed by atoms with Gasteiger partial charge in [0.05, 0.1) is 31.6 Å². The van der Waals surface area contributed by atoms with Crippen molar-refractivity contribution in [3.05, 3.63) is 29.8 Å². The van der Waals surface area contributed by atoms with Crippen molar-refractivity contribution in [1.29, 1.82) is 0 Å². The second kappa shape index (κ2) is 28.2. The van der Waals surface area contributed by atoms with E-state index in [1.54, 1.807) is 65.8 Å². The number of aliphatic hydroxyl groups is 1. The lowest BCUT2D eigenvalue weighted by Crippen LogP contribution is -2.61. The lowest BCUT2D eigenvalue weighted by Gasteiger charge is -2.36. The molecule has 0 unspecified atom stereocenters. The van der Waals surface area contributed by atoms with Crippen LogP contribution in [0.25, 0.3) is 0 Å². The SMILES string of the molecule is CC[C@H](C)[C@H]1NC(=O)[C@@H](NC(=O)[C@@H](CC(C)C)N(C)C(=O)OCC(F)(F)F)[C@@H](C)OC(=O)[C@H](Cc2ccc(OC)cc2)N(C)C(=O)[C@@H]2CCCN2C(=O)[C@H](CC(C)C)NC(=O)[C@@H](C)C(=O)[C@H](C(C)C)OC(=O)C[C@@H]1O. The van der Waals surface area contributed by atoms with E-state index in [0.29, 0.717) is 29.1 Å². The molecule has 2 heterocycles. The third-order valence-corrected chi connectivity index (χ3v) is 13.6. The zero-order chi connectivity index (χ0) is 56.8. The fourth-order valence-electron chi connectivity index (χ4n) is 8.98. The Morgan fingerprint density at radius 1 is 0.920 bits per heavy atom.